The van der Waals surface area contributed by atoms with Crippen LogP contribution < -0.4 is 4.90 Å². The molecule has 1 heterocycles. The second-order valence-corrected chi connectivity index (χ2v) is 6.83. The van der Waals surface area contributed by atoms with Crippen molar-refractivity contribution in [3.05, 3.63) is 69.8 Å². The first kappa shape index (κ1) is 17.9. The van der Waals surface area contributed by atoms with E-state index in [1.807, 2.05) is 29.2 Å². The van der Waals surface area contributed by atoms with Gasteiger partial charge in [0.05, 0.1) is 4.92 Å². The summed E-state index contributed by atoms with van der Waals surface area (Å²) in [6.45, 7) is 6.98. The maximum absolute atomic E-state index is 12.7. The number of hydrogen-bond donors (Lipinski definition) is 0. The lowest BCUT2D eigenvalue weighted by Crippen LogP contribution is -2.48. The fourth-order valence-corrected chi connectivity index (χ4v) is 3.15. The third kappa shape index (κ3) is 3.85. The molecule has 1 fully saturated rings. The zero-order valence-electron chi connectivity index (χ0n) is 15.1. The van der Waals surface area contributed by atoms with Crippen molar-refractivity contribution in [2.24, 2.45) is 0 Å². The minimum absolute atomic E-state index is 0.0589. The molecule has 0 aliphatic carbocycles. The summed E-state index contributed by atoms with van der Waals surface area (Å²) in [7, 11) is 0. The van der Waals surface area contributed by atoms with Crippen molar-refractivity contribution in [3.63, 3.8) is 0 Å². The summed E-state index contributed by atoms with van der Waals surface area (Å²) in [5, 5.41) is 10.7. The van der Waals surface area contributed by atoms with E-state index in [0.717, 1.165) is 11.3 Å². The first-order chi connectivity index (χ1) is 12.5. The molecule has 0 radical (unpaired) electrons. The maximum Gasteiger partial charge on any atom is 0.269 e. The lowest BCUT2D eigenvalue weighted by atomic mass is 10.0. The van der Waals surface area contributed by atoms with Gasteiger partial charge in [0.15, 0.2) is 0 Å². The van der Waals surface area contributed by atoms with Gasteiger partial charge in [-0.3, -0.25) is 14.9 Å². The third-order valence-corrected chi connectivity index (χ3v) is 4.82. The number of nitro groups is 1. The van der Waals surface area contributed by atoms with Gasteiger partial charge in [-0.05, 0) is 35.7 Å². The Kier molecular flexibility index (Phi) is 5.21. The standard InChI is InChI=1S/C20H23N3O3/c1-15(2)16-3-5-17(6-4-16)20(24)22-13-11-21(12-14-22)18-7-9-19(10-8-18)23(25)26/h3-10,15H,11-14H2,1-2H3. The van der Waals surface area contributed by atoms with Gasteiger partial charge in [0.25, 0.3) is 11.6 Å². The van der Waals surface area contributed by atoms with Gasteiger partial charge < -0.3 is 9.80 Å². The molecule has 0 spiro atoms. The molecule has 0 atom stereocenters. The number of amides is 1. The van der Waals surface area contributed by atoms with Gasteiger partial charge in [-0.25, -0.2) is 0 Å². The summed E-state index contributed by atoms with van der Waals surface area (Å²) in [5.74, 6) is 0.507. The molecule has 1 aliphatic heterocycles. The quantitative estimate of drug-likeness (QED) is 0.621. The van der Waals surface area contributed by atoms with Crippen LogP contribution in [0.2, 0.25) is 0 Å². The number of carbonyl (C=O) groups excluding carboxylic acids is 1. The molecule has 1 amide bonds. The summed E-state index contributed by atoms with van der Waals surface area (Å²) in [5.41, 5.74) is 2.99. The Morgan fingerprint density at radius 1 is 0.962 bits per heavy atom. The number of nitrogens with zero attached hydrogens (tertiary/aromatic N) is 3. The van der Waals surface area contributed by atoms with Crippen molar-refractivity contribution in [3.8, 4) is 0 Å². The molecule has 2 aromatic carbocycles. The summed E-state index contributed by atoms with van der Waals surface area (Å²) in [4.78, 5) is 27.0. The monoisotopic (exact) mass is 353 g/mol. The van der Waals surface area contributed by atoms with Crippen molar-refractivity contribution in [1.29, 1.82) is 0 Å². The van der Waals surface area contributed by atoms with Crippen LogP contribution in [0.25, 0.3) is 0 Å². The van der Waals surface area contributed by atoms with E-state index in [1.165, 1.54) is 17.7 Å². The highest BCUT2D eigenvalue weighted by atomic mass is 16.6. The van der Waals surface area contributed by atoms with Crippen molar-refractivity contribution in [2.45, 2.75) is 19.8 Å². The lowest BCUT2D eigenvalue weighted by Gasteiger charge is -2.36. The Hall–Kier alpha value is -2.89. The summed E-state index contributed by atoms with van der Waals surface area (Å²) in [6, 6.07) is 14.4. The van der Waals surface area contributed by atoms with Crippen LogP contribution >= 0.6 is 0 Å². The van der Waals surface area contributed by atoms with Gasteiger partial charge >= 0.3 is 0 Å². The fraction of sp³-hybridized carbons (Fsp3) is 0.350. The number of nitro benzene ring substituents is 1. The molecule has 26 heavy (non-hydrogen) atoms. The van der Waals surface area contributed by atoms with E-state index in [9.17, 15) is 14.9 Å². The van der Waals surface area contributed by atoms with E-state index in [0.29, 0.717) is 32.1 Å². The van der Waals surface area contributed by atoms with Crippen molar-refractivity contribution < 1.29 is 9.72 Å². The summed E-state index contributed by atoms with van der Waals surface area (Å²) < 4.78 is 0. The molecule has 1 saturated heterocycles. The van der Waals surface area contributed by atoms with E-state index < -0.39 is 4.92 Å². The zero-order chi connectivity index (χ0) is 18.7. The molecule has 0 aromatic heterocycles. The van der Waals surface area contributed by atoms with Crippen LogP contribution in [-0.2, 0) is 0 Å². The number of benzene rings is 2. The highest BCUT2D eigenvalue weighted by Gasteiger charge is 2.22. The topological polar surface area (TPSA) is 66.7 Å². The van der Waals surface area contributed by atoms with Crippen molar-refractivity contribution in [2.75, 3.05) is 31.1 Å². The van der Waals surface area contributed by atoms with Gasteiger partial charge in [-0.15, -0.1) is 0 Å². The number of carbonyl (C=O) groups is 1. The van der Waals surface area contributed by atoms with Crippen LogP contribution in [0.4, 0.5) is 11.4 Å². The summed E-state index contributed by atoms with van der Waals surface area (Å²) >= 11 is 0. The minimum Gasteiger partial charge on any atom is -0.368 e. The normalized spacial score (nSPS) is 14.6. The number of non-ortho nitro benzene ring substituents is 1. The first-order valence-electron chi connectivity index (χ1n) is 8.84. The minimum atomic E-state index is -0.398. The largest absolute Gasteiger partial charge is 0.368 e. The SMILES string of the molecule is CC(C)c1ccc(C(=O)N2CCN(c3ccc([N+](=O)[O-])cc3)CC2)cc1. The Morgan fingerprint density at radius 2 is 1.54 bits per heavy atom. The average molecular weight is 353 g/mol. The predicted octanol–water partition coefficient (Wildman–Crippen LogP) is 3.68. The molecule has 3 rings (SSSR count). The van der Waals surface area contributed by atoms with Crippen LogP contribution in [0.1, 0.15) is 35.7 Å². The Bertz CT molecular complexity index is 777. The van der Waals surface area contributed by atoms with E-state index >= 15 is 0 Å². The Morgan fingerprint density at radius 3 is 2.04 bits per heavy atom. The maximum atomic E-state index is 12.7. The van der Waals surface area contributed by atoms with Crippen LogP contribution in [0.15, 0.2) is 48.5 Å². The van der Waals surface area contributed by atoms with E-state index in [4.69, 9.17) is 0 Å². The lowest BCUT2D eigenvalue weighted by molar-refractivity contribution is -0.384. The summed E-state index contributed by atoms with van der Waals surface area (Å²) in [6.07, 6.45) is 0. The molecule has 1 aliphatic rings. The highest BCUT2D eigenvalue weighted by Crippen LogP contribution is 2.21. The second-order valence-electron chi connectivity index (χ2n) is 6.83. The molecule has 2 aromatic rings. The first-order valence-corrected chi connectivity index (χ1v) is 8.84. The van der Waals surface area contributed by atoms with E-state index in [-0.39, 0.29) is 11.6 Å². The van der Waals surface area contributed by atoms with Gasteiger partial charge in [0, 0.05) is 49.6 Å². The highest BCUT2D eigenvalue weighted by molar-refractivity contribution is 5.94. The van der Waals surface area contributed by atoms with Gasteiger partial charge in [-0.2, -0.15) is 0 Å². The molecular weight excluding hydrogens is 330 g/mol. The number of hydrogen-bond acceptors (Lipinski definition) is 4. The van der Waals surface area contributed by atoms with Gasteiger partial charge in [0.1, 0.15) is 0 Å². The number of piperazine rings is 1. The average Bonchev–Trinajstić information content (AvgIpc) is 2.67. The molecule has 0 saturated carbocycles. The molecule has 6 heteroatoms. The van der Waals surface area contributed by atoms with Crippen LogP contribution in [0, 0.1) is 10.1 Å². The van der Waals surface area contributed by atoms with Gasteiger partial charge in [0.2, 0.25) is 0 Å². The smallest absolute Gasteiger partial charge is 0.269 e. The molecule has 6 nitrogen and oxygen atoms in total. The van der Waals surface area contributed by atoms with Crippen LogP contribution in [-0.4, -0.2) is 41.9 Å². The second kappa shape index (κ2) is 7.56. The molecule has 0 N–H and O–H groups in total. The van der Waals surface area contributed by atoms with E-state index in [2.05, 4.69) is 18.7 Å². The van der Waals surface area contributed by atoms with Gasteiger partial charge in [-0.1, -0.05) is 26.0 Å². The van der Waals surface area contributed by atoms with Crippen molar-refractivity contribution >= 4 is 17.3 Å². The number of rotatable bonds is 4. The molecule has 136 valence electrons. The molecular formula is C20H23N3O3. The number of anilines is 1. The third-order valence-electron chi connectivity index (χ3n) is 4.82. The Labute approximate surface area is 153 Å². The van der Waals surface area contributed by atoms with Crippen LogP contribution in [0.3, 0.4) is 0 Å². The fourth-order valence-electron chi connectivity index (χ4n) is 3.15. The predicted molar refractivity (Wildman–Crippen MR) is 102 cm³/mol. The van der Waals surface area contributed by atoms with Crippen LogP contribution in [0.5, 0.6) is 0 Å². The zero-order valence-corrected chi connectivity index (χ0v) is 15.1. The Balaban J connectivity index is 1.60. The molecule has 0 unspecified atom stereocenters. The van der Waals surface area contributed by atoms with E-state index in [1.54, 1.807) is 12.1 Å². The van der Waals surface area contributed by atoms with Crippen molar-refractivity contribution in [1.82, 2.24) is 4.90 Å². The molecule has 0 bridgehead atoms.